The lowest BCUT2D eigenvalue weighted by molar-refractivity contribution is -0.384. The highest BCUT2D eigenvalue weighted by Gasteiger charge is 2.24. The van der Waals surface area contributed by atoms with Crippen LogP contribution in [0.2, 0.25) is 5.02 Å². The summed E-state index contributed by atoms with van der Waals surface area (Å²) in [5, 5.41) is 11.5. The van der Waals surface area contributed by atoms with Gasteiger partial charge in [0.15, 0.2) is 0 Å². The number of rotatable bonds is 6. The Hall–Kier alpha value is -1.33. The van der Waals surface area contributed by atoms with Crippen molar-refractivity contribution in [3.63, 3.8) is 0 Å². The molecule has 0 aliphatic heterocycles. The topological polar surface area (TPSA) is 72.4 Å². The van der Waals surface area contributed by atoms with E-state index in [9.17, 15) is 10.1 Å². The first-order chi connectivity index (χ1) is 8.80. The molecule has 1 aromatic carbocycles. The van der Waals surface area contributed by atoms with Gasteiger partial charge in [-0.2, -0.15) is 0 Å². The number of hydrogen-bond acceptors (Lipinski definition) is 4. The molecule has 0 saturated heterocycles. The number of nitro groups is 1. The van der Waals surface area contributed by atoms with E-state index in [0.29, 0.717) is 30.3 Å². The summed E-state index contributed by atoms with van der Waals surface area (Å²) >= 11 is 5.83. The molecule has 0 spiro atoms. The zero-order chi connectivity index (χ0) is 14.6. The predicted molar refractivity (Wildman–Crippen MR) is 78.8 cm³/mol. The largest absolute Gasteiger partial charge is 0.366 e. The molecule has 0 aliphatic carbocycles. The molecule has 0 atom stereocenters. The van der Waals surface area contributed by atoms with E-state index in [-0.39, 0.29) is 11.1 Å². The van der Waals surface area contributed by atoms with Crippen molar-refractivity contribution in [3.05, 3.63) is 33.3 Å². The Morgan fingerprint density at radius 2 is 2.11 bits per heavy atom. The Bertz CT molecular complexity index is 463. The molecule has 6 heteroatoms. The van der Waals surface area contributed by atoms with E-state index >= 15 is 0 Å². The van der Waals surface area contributed by atoms with Gasteiger partial charge >= 0.3 is 0 Å². The van der Waals surface area contributed by atoms with E-state index in [1.165, 1.54) is 6.07 Å². The van der Waals surface area contributed by atoms with Crippen LogP contribution >= 0.6 is 11.6 Å². The average Bonchev–Trinajstić information content (AvgIpc) is 2.36. The van der Waals surface area contributed by atoms with Gasteiger partial charge < -0.3 is 10.6 Å². The maximum Gasteiger partial charge on any atom is 0.294 e. The second-order valence-electron chi connectivity index (χ2n) is 5.27. The van der Waals surface area contributed by atoms with E-state index in [1.54, 1.807) is 12.1 Å². The maximum absolute atomic E-state index is 11.1. The molecular weight excluding hydrogens is 266 g/mol. The summed E-state index contributed by atoms with van der Waals surface area (Å²) < 4.78 is 0. The smallest absolute Gasteiger partial charge is 0.294 e. The molecule has 106 valence electrons. The Labute approximate surface area is 118 Å². The number of halogens is 1. The molecule has 19 heavy (non-hydrogen) atoms. The zero-order valence-corrected chi connectivity index (χ0v) is 12.3. The maximum atomic E-state index is 11.1. The van der Waals surface area contributed by atoms with Crippen molar-refractivity contribution in [1.82, 2.24) is 0 Å². The lowest BCUT2D eigenvalue weighted by Crippen LogP contribution is -2.39. The first-order valence-corrected chi connectivity index (χ1v) is 6.57. The van der Waals surface area contributed by atoms with Gasteiger partial charge in [-0.15, -0.1) is 0 Å². The first-order valence-electron chi connectivity index (χ1n) is 6.19. The SMILES string of the molecule is CCN(CC(C)(C)CN)c1ccc(Cl)cc1[N+](=O)[O-]. The number of benzene rings is 1. The van der Waals surface area contributed by atoms with Crippen molar-refractivity contribution >= 4 is 23.0 Å². The number of nitrogens with two attached hydrogens (primary N) is 1. The summed E-state index contributed by atoms with van der Waals surface area (Å²) in [5.74, 6) is 0. The van der Waals surface area contributed by atoms with Crippen molar-refractivity contribution in [2.24, 2.45) is 11.1 Å². The number of nitro benzene ring substituents is 1. The monoisotopic (exact) mass is 285 g/mol. The van der Waals surface area contributed by atoms with Crippen molar-refractivity contribution < 1.29 is 4.92 Å². The van der Waals surface area contributed by atoms with Gasteiger partial charge in [0.1, 0.15) is 5.69 Å². The normalized spacial score (nSPS) is 11.4. The Morgan fingerprint density at radius 1 is 1.47 bits per heavy atom. The Morgan fingerprint density at radius 3 is 2.58 bits per heavy atom. The van der Waals surface area contributed by atoms with Crippen LogP contribution in [-0.4, -0.2) is 24.6 Å². The molecule has 0 saturated carbocycles. The fourth-order valence-electron chi connectivity index (χ4n) is 1.86. The minimum Gasteiger partial charge on any atom is -0.366 e. The third kappa shape index (κ3) is 4.08. The highest BCUT2D eigenvalue weighted by molar-refractivity contribution is 6.30. The minimum absolute atomic E-state index is 0.0298. The van der Waals surface area contributed by atoms with Crippen LogP contribution in [0.4, 0.5) is 11.4 Å². The molecule has 0 unspecified atom stereocenters. The molecule has 1 aromatic rings. The summed E-state index contributed by atoms with van der Waals surface area (Å²) in [6, 6.07) is 4.74. The number of nitrogens with zero attached hydrogens (tertiary/aromatic N) is 2. The van der Waals surface area contributed by atoms with Gasteiger partial charge in [0.25, 0.3) is 5.69 Å². The average molecular weight is 286 g/mol. The van der Waals surface area contributed by atoms with Crippen molar-refractivity contribution in [3.8, 4) is 0 Å². The third-order valence-corrected chi connectivity index (χ3v) is 3.26. The summed E-state index contributed by atoms with van der Waals surface area (Å²) in [6.45, 7) is 7.89. The lowest BCUT2D eigenvalue weighted by Gasteiger charge is -2.32. The van der Waals surface area contributed by atoms with Gasteiger partial charge in [0.05, 0.1) is 4.92 Å². The summed E-state index contributed by atoms with van der Waals surface area (Å²) in [7, 11) is 0. The standard InChI is InChI=1S/C13H20ClN3O2/c1-4-16(9-13(2,3)8-15)11-6-5-10(14)7-12(11)17(18)19/h5-7H,4,8-9,15H2,1-3H3. The highest BCUT2D eigenvalue weighted by atomic mass is 35.5. The van der Waals surface area contributed by atoms with Gasteiger partial charge in [-0.05, 0) is 31.0 Å². The van der Waals surface area contributed by atoms with Gasteiger partial charge in [0, 0.05) is 24.2 Å². The van der Waals surface area contributed by atoms with Crippen LogP contribution in [-0.2, 0) is 0 Å². The summed E-state index contributed by atoms with van der Waals surface area (Å²) in [4.78, 5) is 12.7. The molecular formula is C13H20ClN3O2. The zero-order valence-electron chi connectivity index (χ0n) is 11.5. The van der Waals surface area contributed by atoms with Gasteiger partial charge in [-0.3, -0.25) is 10.1 Å². The number of anilines is 1. The predicted octanol–water partition coefficient (Wildman–Crippen LogP) is 3.06. The molecule has 5 nitrogen and oxygen atoms in total. The fraction of sp³-hybridized carbons (Fsp3) is 0.538. The molecule has 0 bridgehead atoms. The van der Waals surface area contributed by atoms with Crippen LogP contribution in [0, 0.1) is 15.5 Å². The molecule has 0 aliphatic rings. The van der Waals surface area contributed by atoms with E-state index < -0.39 is 4.92 Å². The van der Waals surface area contributed by atoms with Crippen molar-refractivity contribution in [2.75, 3.05) is 24.5 Å². The van der Waals surface area contributed by atoms with Crippen molar-refractivity contribution in [1.29, 1.82) is 0 Å². The van der Waals surface area contributed by atoms with Crippen LogP contribution in [0.3, 0.4) is 0 Å². The first kappa shape index (κ1) is 15.7. The lowest BCUT2D eigenvalue weighted by atomic mass is 9.93. The van der Waals surface area contributed by atoms with Gasteiger partial charge in [-0.25, -0.2) is 0 Å². The summed E-state index contributed by atoms with van der Waals surface area (Å²) in [6.07, 6.45) is 0. The quantitative estimate of drug-likeness (QED) is 0.644. The van der Waals surface area contributed by atoms with E-state index in [1.807, 2.05) is 25.7 Å². The van der Waals surface area contributed by atoms with Crippen molar-refractivity contribution in [2.45, 2.75) is 20.8 Å². The molecule has 0 aromatic heterocycles. The third-order valence-electron chi connectivity index (χ3n) is 3.03. The molecule has 2 N–H and O–H groups in total. The van der Waals surface area contributed by atoms with Crippen LogP contribution in [0.1, 0.15) is 20.8 Å². The van der Waals surface area contributed by atoms with E-state index in [0.717, 1.165) is 0 Å². The van der Waals surface area contributed by atoms with Crippen LogP contribution < -0.4 is 10.6 Å². The number of hydrogen-bond donors (Lipinski definition) is 1. The molecule has 1 rings (SSSR count). The Balaban J connectivity index is 3.15. The highest BCUT2D eigenvalue weighted by Crippen LogP contribution is 2.32. The second kappa shape index (κ2) is 6.21. The van der Waals surface area contributed by atoms with Gasteiger partial charge in [0.2, 0.25) is 0 Å². The fourth-order valence-corrected chi connectivity index (χ4v) is 2.03. The van der Waals surface area contributed by atoms with E-state index in [2.05, 4.69) is 0 Å². The second-order valence-corrected chi connectivity index (χ2v) is 5.71. The minimum atomic E-state index is -0.403. The Kier molecular flexibility index (Phi) is 5.14. The molecule has 0 fully saturated rings. The summed E-state index contributed by atoms with van der Waals surface area (Å²) in [5.41, 5.74) is 6.23. The van der Waals surface area contributed by atoms with E-state index in [4.69, 9.17) is 17.3 Å². The molecule has 0 heterocycles. The van der Waals surface area contributed by atoms with Crippen LogP contribution in [0.15, 0.2) is 18.2 Å². The van der Waals surface area contributed by atoms with Crippen LogP contribution in [0.25, 0.3) is 0 Å². The van der Waals surface area contributed by atoms with Crippen LogP contribution in [0.5, 0.6) is 0 Å². The van der Waals surface area contributed by atoms with Gasteiger partial charge in [-0.1, -0.05) is 25.4 Å². The molecule has 0 radical (unpaired) electrons. The molecule has 0 amide bonds.